The van der Waals surface area contributed by atoms with Crippen molar-refractivity contribution in [2.75, 3.05) is 24.2 Å². The maximum absolute atomic E-state index is 9.37. The summed E-state index contributed by atoms with van der Waals surface area (Å²) < 4.78 is 0. The zero-order valence-electron chi connectivity index (χ0n) is 11.4. The molecule has 0 bridgehead atoms. The minimum Gasteiger partial charge on any atom is -0.399 e. The van der Waals surface area contributed by atoms with Crippen molar-refractivity contribution < 1.29 is 5.11 Å². The van der Waals surface area contributed by atoms with E-state index in [1.165, 1.54) is 12.8 Å². The highest BCUT2D eigenvalue weighted by atomic mass is 16.3. The van der Waals surface area contributed by atoms with Crippen molar-refractivity contribution in [3.05, 3.63) is 24.5 Å². The van der Waals surface area contributed by atoms with Crippen LogP contribution >= 0.6 is 0 Å². The second-order valence-corrected chi connectivity index (χ2v) is 5.51. The van der Waals surface area contributed by atoms with Gasteiger partial charge in [0.1, 0.15) is 12.1 Å². The lowest BCUT2D eigenvalue weighted by Gasteiger charge is -2.18. The molecule has 2 aromatic rings. The molecule has 0 aliphatic heterocycles. The molecule has 1 heterocycles. The third kappa shape index (κ3) is 2.54. The lowest BCUT2D eigenvalue weighted by molar-refractivity contribution is 0.199. The minimum absolute atomic E-state index is 0.285. The van der Waals surface area contributed by atoms with E-state index in [4.69, 9.17) is 5.73 Å². The Morgan fingerprint density at radius 1 is 1.25 bits per heavy atom. The molecule has 20 heavy (non-hydrogen) atoms. The molecular weight excluding hydrogens is 252 g/mol. The van der Waals surface area contributed by atoms with Crippen molar-refractivity contribution in [3.63, 3.8) is 0 Å². The van der Waals surface area contributed by atoms with Crippen LogP contribution in [0.1, 0.15) is 19.3 Å². The molecule has 1 saturated carbocycles. The minimum atomic E-state index is 0.285. The molecular formula is C15H20N4O. The topological polar surface area (TPSA) is 84.1 Å². The molecule has 1 fully saturated rings. The molecule has 2 unspecified atom stereocenters. The molecule has 0 amide bonds. The van der Waals surface area contributed by atoms with Gasteiger partial charge >= 0.3 is 0 Å². The predicted molar refractivity (Wildman–Crippen MR) is 80.4 cm³/mol. The molecule has 3 rings (SSSR count). The first-order valence-electron chi connectivity index (χ1n) is 7.13. The van der Waals surface area contributed by atoms with E-state index in [9.17, 15) is 5.11 Å². The number of aromatic nitrogens is 2. The summed E-state index contributed by atoms with van der Waals surface area (Å²) in [4.78, 5) is 8.57. The Morgan fingerprint density at radius 3 is 2.95 bits per heavy atom. The van der Waals surface area contributed by atoms with Gasteiger partial charge in [-0.15, -0.1) is 0 Å². The third-order valence-corrected chi connectivity index (χ3v) is 4.24. The van der Waals surface area contributed by atoms with E-state index >= 15 is 0 Å². The number of nitrogen functional groups attached to an aromatic ring is 1. The summed E-state index contributed by atoms with van der Waals surface area (Å²) in [6, 6.07) is 5.67. The van der Waals surface area contributed by atoms with Crippen LogP contribution in [0.5, 0.6) is 0 Å². The van der Waals surface area contributed by atoms with Crippen LogP contribution in [0.3, 0.4) is 0 Å². The second kappa shape index (κ2) is 5.63. The van der Waals surface area contributed by atoms with Gasteiger partial charge < -0.3 is 16.2 Å². The molecule has 0 spiro atoms. The smallest absolute Gasteiger partial charge is 0.137 e. The van der Waals surface area contributed by atoms with Crippen LogP contribution in [0, 0.1) is 11.8 Å². The van der Waals surface area contributed by atoms with Gasteiger partial charge in [-0.2, -0.15) is 0 Å². The number of nitrogens with zero attached hydrogens (tertiary/aromatic N) is 2. The van der Waals surface area contributed by atoms with E-state index < -0.39 is 0 Å². The van der Waals surface area contributed by atoms with E-state index in [1.807, 2.05) is 18.2 Å². The fraction of sp³-hybridized carbons (Fsp3) is 0.467. The third-order valence-electron chi connectivity index (χ3n) is 4.24. The number of nitrogens with one attached hydrogen (secondary N) is 1. The Morgan fingerprint density at radius 2 is 2.10 bits per heavy atom. The first-order valence-corrected chi connectivity index (χ1v) is 7.13. The van der Waals surface area contributed by atoms with Crippen LogP contribution < -0.4 is 11.1 Å². The van der Waals surface area contributed by atoms with Gasteiger partial charge in [0.15, 0.2) is 0 Å². The number of benzene rings is 1. The molecule has 1 aromatic heterocycles. The lowest BCUT2D eigenvalue weighted by atomic mass is 9.97. The van der Waals surface area contributed by atoms with Crippen molar-refractivity contribution in [1.29, 1.82) is 0 Å². The number of hydrogen-bond donors (Lipinski definition) is 3. The van der Waals surface area contributed by atoms with Gasteiger partial charge in [0, 0.05) is 24.2 Å². The summed E-state index contributed by atoms with van der Waals surface area (Å²) in [5.41, 5.74) is 7.34. The van der Waals surface area contributed by atoms with Gasteiger partial charge in [0.25, 0.3) is 0 Å². The van der Waals surface area contributed by atoms with Crippen molar-refractivity contribution in [2.24, 2.45) is 11.8 Å². The molecule has 5 heteroatoms. The van der Waals surface area contributed by atoms with E-state index in [-0.39, 0.29) is 6.61 Å². The lowest BCUT2D eigenvalue weighted by Crippen LogP contribution is -2.21. The molecule has 2 atom stereocenters. The summed E-state index contributed by atoms with van der Waals surface area (Å²) in [6.07, 6.45) is 5.07. The number of aliphatic hydroxyl groups is 1. The summed E-state index contributed by atoms with van der Waals surface area (Å²) in [7, 11) is 0. The van der Waals surface area contributed by atoms with Gasteiger partial charge in [-0.3, -0.25) is 0 Å². The van der Waals surface area contributed by atoms with Crippen molar-refractivity contribution >= 4 is 22.4 Å². The summed E-state index contributed by atoms with van der Waals surface area (Å²) in [5.74, 6) is 1.80. The predicted octanol–water partition coefficient (Wildman–Crippen LogP) is 2.03. The number of fused-ring (bicyclic) bond motifs is 1. The molecule has 0 saturated heterocycles. The van der Waals surface area contributed by atoms with Crippen LogP contribution in [-0.2, 0) is 0 Å². The summed E-state index contributed by atoms with van der Waals surface area (Å²) >= 11 is 0. The molecule has 1 aromatic carbocycles. The monoisotopic (exact) mass is 272 g/mol. The van der Waals surface area contributed by atoms with Gasteiger partial charge in [0.05, 0.1) is 5.52 Å². The highest BCUT2D eigenvalue weighted by Gasteiger charge is 2.26. The SMILES string of the molecule is Nc1ccc2c(NCC3CCCC3CO)ncnc2c1. The normalized spacial score (nSPS) is 22.2. The first-order chi connectivity index (χ1) is 9.78. The number of aliphatic hydroxyl groups excluding tert-OH is 1. The Balaban J connectivity index is 1.77. The molecule has 106 valence electrons. The molecule has 1 aliphatic rings. The maximum atomic E-state index is 9.37. The average Bonchev–Trinajstić information content (AvgIpc) is 2.92. The second-order valence-electron chi connectivity index (χ2n) is 5.51. The fourth-order valence-corrected chi connectivity index (χ4v) is 3.07. The zero-order chi connectivity index (χ0) is 13.9. The standard InChI is InChI=1S/C15H20N4O/c16-12-4-5-13-14(6-12)18-9-19-15(13)17-7-10-2-1-3-11(10)8-20/h4-6,9-11,20H,1-3,7-8,16H2,(H,17,18,19). The van der Waals surface area contributed by atoms with Crippen LogP contribution in [-0.4, -0.2) is 28.2 Å². The van der Waals surface area contributed by atoms with Gasteiger partial charge in [-0.1, -0.05) is 6.42 Å². The Kier molecular flexibility index (Phi) is 3.69. The Labute approximate surface area is 118 Å². The molecule has 4 N–H and O–H groups in total. The Hall–Kier alpha value is -1.88. The maximum Gasteiger partial charge on any atom is 0.137 e. The van der Waals surface area contributed by atoms with E-state index in [0.29, 0.717) is 17.5 Å². The van der Waals surface area contributed by atoms with E-state index in [0.717, 1.165) is 29.7 Å². The summed E-state index contributed by atoms with van der Waals surface area (Å²) in [5, 5.41) is 13.8. The average molecular weight is 272 g/mol. The van der Waals surface area contributed by atoms with E-state index in [2.05, 4.69) is 15.3 Å². The Bertz CT molecular complexity index is 601. The molecule has 1 aliphatic carbocycles. The van der Waals surface area contributed by atoms with Gasteiger partial charge in [-0.25, -0.2) is 9.97 Å². The molecule has 5 nitrogen and oxygen atoms in total. The highest BCUT2D eigenvalue weighted by molar-refractivity contribution is 5.90. The van der Waals surface area contributed by atoms with Crippen LogP contribution in [0.2, 0.25) is 0 Å². The number of hydrogen-bond acceptors (Lipinski definition) is 5. The zero-order valence-corrected chi connectivity index (χ0v) is 11.4. The van der Waals surface area contributed by atoms with Crippen molar-refractivity contribution in [3.8, 4) is 0 Å². The quantitative estimate of drug-likeness (QED) is 0.742. The van der Waals surface area contributed by atoms with Crippen molar-refractivity contribution in [2.45, 2.75) is 19.3 Å². The highest BCUT2D eigenvalue weighted by Crippen LogP contribution is 2.31. The number of nitrogens with two attached hydrogens (primary N) is 1. The number of rotatable bonds is 4. The largest absolute Gasteiger partial charge is 0.399 e. The summed E-state index contributed by atoms with van der Waals surface area (Å²) in [6.45, 7) is 1.13. The first kappa shape index (κ1) is 13.1. The van der Waals surface area contributed by atoms with E-state index in [1.54, 1.807) is 6.33 Å². The van der Waals surface area contributed by atoms with Crippen molar-refractivity contribution in [1.82, 2.24) is 9.97 Å². The fourth-order valence-electron chi connectivity index (χ4n) is 3.07. The van der Waals surface area contributed by atoms with Crippen LogP contribution in [0.4, 0.5) is 11.5 Å². The van der Waals surface area contributed by atoms with Crippen LogP contribution in [0.15, 0.2) is 24.5 Å². The van der Waals surface area contributed by atoms with Gasteiger partial charge in [0.2, 0.25) is 0 Å². The van der Waals surface area contributed by atoms with Gasteiger partial charge in [-0.05, 0) is 42.9 Å². The number of anilines is 2. The van der Waals surface area contributed by atoms with Crippen LogP contribution in [0.25, 0.3) is 10.9 Å². The molecule has 0 radical (unpaired) electrons.